The van der Waals surface area contributed by atoms with E-state index >= 15 is 0 Å². The molecule has 0 spiro atoms. The fraction of sp³-hybridized carbons (Fsp3) is 0.231. The van der Waals surface area contributed by atoms with Gasteiger partial charge in [-0.1, -0.05) is 15.9 Å². The first-order chi connectivity index (χ1) is 8.60. The summed E-state index contributed by atoms with van der Waals surface area (Å²) in [6.07, 6.45) is 1.68. The van der Waals surface area contributed by atoms with Gasteiger partial charge in [-0.25, -0.2) is 4.68 Å². The van der Waals surface area contributed by atoms with E-state index < -0.39 is 0 Å². The summed E-state index contributed by atoms with van der Waals surface area (Å²) in [5.41, 5.74) is 1.71. The second-order valence-corrected chi connectivity index (χ2v) is 4.84. The maximum atomic E-state index is 11.8. The van der Waals surface area contributed by atoms with Crippen LogP contribution in [0.2, 0.25) is 0 Å². The van der Waals surface area contributed by atoms with Crippen LogP contribution < -0.4 is 10.3 Å². The standard InChI is InChI=1S/C13H13BrN2O2/c1-9-5-13(17)16(15-7-9)8-10-6-11(18-2)3-4-12(10)14/h3-7H,8H2,1-2H3. The van der Waals surface area contributed by atoms with E-state index in [0.717, 1.165) is 21.3 Å². The van der Waals surface area contributed by atoms with Crippen LogP contribution in [-0.4, -0.2) is 16.9 Å². The lowest BCUT2D eigenvalue weighted by atomic mass is 10.2. The third-order valence-corrected chi connectivity index (χ3v) is 3.35. The molecule has 0 N–H and O–H groups in total. The topological polar surface area (TPSA) is 44.1 Å². The number of ether oxygens (including phenoxy) is 1. The molecule has 0 saturated carbocycles. The number of halogens is 1. The first kappa shape index (κ1) is 12.8. The van der Waals surface area contributed by atoms with E-state index in [9.17, 15) is 4.79 Å². The van der Waals surface area contributed by atoms with Crippen LogP contribution >= 0.6 is 15.9 Å². The number of hydrogen-bond acceptors (Lipinski definition) is 3. The van der Waals surface area contributed by atoms with Gasteiger partial charge in [0.05, 0.1) is 19.9 Å². The molecule has 0 fully saturated rings. The first-order valence-electron chi connectivity index (χ1n) is 5.46. The van der Waals surface area contributed by atoms with Crippen molar-refractivity contribution in [2.75, 3.05) is 7.11 Å². The van der Waals surface area contributed by atoms with Crippen molar-refractivity contribution >= 4 is 15.9 Å². The zero-order valence-corrected chi connectivity index (χ0v) is 11.8. The number of hydrogen-bond donors (Lipinski definition) is 0. The highest BCUT2D eigenvalue weighted by atomic mass is 79.9. The lowest BCUT2D eigenvalue weighted by Crippen LogP contribution is -2.22. The normalized spacial score (nSPS) is 10.4. The summed E-state index contributed by atoms with van der Waals surface area (Å²) in [7, 11) is 1.61. The zero-order valence-electron chi connectivity index (χ0n) is 10.2. The molecule has 0 aliphatic carbocycles. The van der Waals surface area contributed by atoms with Crippen molar-refractivity contribution in [3.8, 4) is 5.75 Å². The van der Waals surface area contributed by atoms with Crippen molar-refractivity contribution in [3.05, 3.63) is 56.4 Å². The van der Waals surface area contributed by atoms with E-state index in [-0.39, 0.29) is 5.56 Å². The molecule has 0 amide bonds. The van der Waals surface area contributed by atoms with Crippen LogP contribution in [0, 0.1) is 6.92 Å². The van der Waals surface area contributed by atoms with Crippen LogP contribution in [0.1, 0.15) is 11.1 Å². The number of rotatable bonds is 3. The molecule has 0 bridgehead atoms. The number of aryl methyl sites for hydroxylation is 1. The molecule has 1 heterocycles. The SMILES string of the molecule is COc1ccc(Br)c(Cn2ncc(C)cc2=O)c1. The monoisotopic (exact) mass is 308 g/mol. The Labute approximate surface area is 113 Å². The van der Waals surface area contributed by atoms with Crippen molar-refractivity contribution in [1.29, 1.82) is 0 Å². The lowest BCUT2D eigenvalue weighted by Gasteiger charge is -2.08. The molecule has 0 aliphatic rings. The van der Waals surface area contributed by atoms with Gasteiger partial charge in [0.25, 0.3) is 5.56 Å². The molecule has 94 valence electrons. The van der Waals surface area contributed by atoms with Gasteiger partial charge in [0, 0.05) is 10.5 Å². The maximum absolute atomic E-state index is 11.8. The van der Waals surface area contributed by atoms with Gasteiger partial charge >= 0.3 is 0 Å². The van der Waals surface area contributed by atoms with Crippen LogP contribution in [0.25, 0.3) is 0 Å². The highest BCUT2D eigenvalue weighted by molar-refractivity contribution is 9.10. The molecule has 1 aromatic carbocycles. The van der Waals surface area contributed by atoms with Gasteiger partial charge in [0.2, 0.25) is 0 Å². The lowest BCUT2D eigenvalue weighted by molar-refractivity contribution is 0.414. The van der Waals surface area contributed by atoms with Gasteiger partial charge in [-0.05, 0) is 36.2 Å². The molecule has 0 aliphatic heterocycles. The summed E-state index contributed by atoms with van der Waals surface area (Å²) in [4.78, 5) is 11.8. The number of methoxy groups -OCH3 is 1. The highest BCUT2D eigenvalue weighted by Crippen LogP contribution is 2.22. The van der Waals surface area contributed by atoms with Crippen LogP contribution in [0.3, 0.4) is 0 Å². The Kier molecular flexibility index (Phi) is 3.81. The number of aromatic nitrogens is 2. The molecule has 0 radical (unpaired) electrons. The summed E-state index contributed by atoms with van der Waals surface area (Å²) in [6.45, 7) is 2.26. The first-order valence-corrected chi connectivity index (χ1v) is 6.25. The van der Waals surface area contributed by atoms with Gasteiger partial charge < -0.3 is 4.74 Å². The summed E-state index contributed by atoms with van der Waals surface area (Å²) in [6, 6.07) is 7.21. The summed E-state index contributed by atoms with van der Waals surface area (Å²) in [5.74, 6) is 0.758. The third-order valence-electron chi connectivity index (χ3n) is 2.58. The Morgan fingerprint density at radius 1 is 1.39 bits per heavy atom. The Morgan fingerprint density at radius 3 is 2.83 bits per heavy atom. The molecule has 0 atom stereocenters. The van der Waals surface area contributed by atoms with Crippen molar-refractivity contribution in [2.45, 2.75) is 13.5 Å². The Morgan fingerprint density at radius 2 is 2.17 bits per heavy atom. The molecule has 2 rings (SSSR count). The molecule has 5 heteroatoms. The summed E-state index contributed by atoms with van der Waals surface area (Å²) in [5, 5.41) is 4.11. The molecule has 2 aromatic rings. The summed E-state index contributed by atoms with van der Waals surface area (Å²) < 4.78 is 7.52. The largest absolute Gasteiger partial charge is 0.497 e. The number of benzene rings is 1. The van der Waals surface area contributed by atoms with Crippen LogP contribution in [-0.2, 0) is 6.54 Å². The van der Waals surface area contributed by atoms with Crippen molar-refractivity contribution < 1.29 is 4.74 Å². The second-order valence-electron chi connectivity index (χ2n) is 3.99. The van der Waals surface area contributed by atoms with E-state index in [4.69, 9.17) is 4.74 Å². The Hall–Kier alpha value is -1.62. The highest BCUT2D eigenvalue weighted by Gasteiger charge is 2.05. The fourth-order valence-corrected chi connectivity index (χ4v) is 1.98. The Balaban J connectivity index is 2.36. The van der Waals surface area contributed by atoms with Crippen molar-refractivity contribution in [3.63, 3.8) is 0 Å². The van der Waals surface area contributed by atoms with Gasteiger partial charge in [-0.15, -0.1) is 0 Å². The predicted molar refractivity (Wildman–Crippen MR) is 73.0 cm³/mol. The molecule has 1 aromatic heterocycles. The van der Waals surface area contributed by atoms with E-state index in [2.05, 4.69) is 21.0 Å². The van der Waals surface area contributed by atoms with Gasteiger partial charge in [-0.3, -0.25) is 4.79 Å². The second kappa shape index (κ2) is 5.35. The van der Waals surface area contributed by atoms with E-state index in [1.54, 1.807) is 19.4 Å². The van der Waals surface area contributed by atoms with E-state index in [0.29, 0.717) is 6.54 Å². The average molecular weight is 309 g/mol. The maximum Gasteiger partial charge on any atom is 0.267 e. The van der Waals surface area contributed by atoms with Crippen molar-refractivity contribution in [2.24, 2.45) is 0 Å². The minimum absolute atomic E-state index is 0.107. The van der Waals surface area contributed by atoms with Crippen LogP contribution in [0.5, 0.6) is 5.75 Å². The van der Waals surface area contributed by atoms with E-state index in [1.807, 2.05) is 25.1 Å². The van der Waals surface area contributed by atoms with Crippen LogP contribution in [0.15, 0.2) is 39.7 Å². The molecule has 0 unspecified atom stereocenters. The minimum Gasteiger partial charge on any atom is -0.497 e. The Bertz CT molecular complexity index is 623. The molecule has 18 heavy (non-hydrogen) atoms. The molecular weight excluding hydrogens is 296 g/mol. The third kappa shape index (κ3) is 2.79. The average Bonchev–Trinajstić information content (AvgIpc) is 2.35. The quantitative estimate of drug-likeness (QED) is 0.874. The fourth-order valence-electron chi connectivity index (χ4n) is 1.60. The zero-order chi connectivity index (χ0) is 13.1. The van der Waals surface area contributed by atoms with Crippen molar-refractivity contribution in [1.82, 2.24) is 9.78 Å². The van der Waals surface area contributed by atoms with E-state index in [1.165, 1.54) is 4.68 Å². The smallest absolute Gasteiger partial charge is 0.267 e. The predicted octanol–water partition coefficient (Wildman–Crippen LogP) is 2.37. The van der Waals surface area contributed by atoms with Gasteiger partial charge in [-0.2, -0.15) is 5.10 Å². The van der Waals surface area contributed by atoms with Gasteiger partial charge in [0.15, 0.2) is 0 Å². The van der Waals surface area contributed by atoms with Gasteiger partial charge in [0.1, 0.15) is 5.75 Å². The summed E-state index contributed by atoms with van der Waals surface area (Å²) >= 11 is 3.46. The molecular formula is C13H13BrN2O2. The molecule has 0 saturated heterocycles. The molecule has 4 nitrogen and oxygen atoms in total. The minimum atomic E-state index is -0.107. The number of nitrogens with zero attached hydrogens (tertiary/aromatic N) is 2. The van der Waals surface area contributed by atoms with Crippen LogP contribution in [0.4, 0.5) is 0 Å².